The zero-order chi connectivity index (χ0) is 12.7. The van der Waals surface area contributed by atoms with Crippen molar-refractivity contribution in [1.29, 1.82) is 0 Å². The Bertz CT molecular complexity index is 363. The Morgan fingerprint density at radius 2 is 2.00 bits per heavy atom. The number of amides is 1. The van der Waals surface area contributed by atoms with E-state index in [0.29, 0.717) is 0 Å². The first kappa shape index (κ1) is 13.6. The van der Waals surface area contributed by atoms with Crippen LogP contribution in [-0.4, -0.2) is 30.9 Å². The van der Waals surface area contributed by atoms with E-state index in [0.717, 1.165) is 37.2 Å². The molecule has 0 heterocycles. The first-order valence-electron chi connectivity index (χ1n) is 6.29. The maximum Gasteiger partial charge on any atom is 0.255 e. The largest absolute Gasteiger partial charge is 0.385 e. The van der Waals surface area contributed by atoms with Crippen LogP contribution in [0, 0.1) is 0 Å². The second-order valence-corrected chi connectivity index (χ2v) is 4.16. The molecule has 0 aliphatic carbocycles. The molecular weight excluding hydrogens is 212 g/mol. The molecule has 0 saturated heterocycles. The average molecular weight is 234 g/mol. The molecule has 0 unspecified atom stereocenters. The fourth-order valence-electron chi connectivity index (χ4n) is 1.72. The summed E-state index contributed by atoms with van der Waals surface area (Å²) in [5.41, 5.74) is 1.68. The van der Waals surface area contributed by atoms with Crippen molar-refractivity contribution < 1.29 is 4.79 Å². The molecule has 1 aromatic rings. The predicted octanol–water partition coefficient (Wildman–Crippen LogP) is 2.99. The standard InChI is InChI=1S/C14H22N2O/c1-4-6-11-16(3)14(17)12-9-7-8-10-13(12)15-5-2/h7-10,15H,4-6,11H2,1-3H3. The molecular formula is C14H22N2O. The van der Waals surface area contributed by atoms with Crippen LogP contribution in [0.25, 0.3) is 0 Å². The molecule has 1 aromatic carbocycles. The van der Waals surface area contributed by atoms with Gasteiger partial charge in [-0.3, -0.25) is 4.79 Å². The minimum Gasteiger partial charge on any atom is -0.385 e. The summed E-state index contributed by atoms with van der Waals surface area (Å²) in [4.78, 5) is 14.0. The predicted molar refractivity (Wildman–Crippen MR) is 72.5 cm³/mol. The number of rotatable bonds is 6. The number of benzene rings is 1. The van der Waals surface area contributed by atoms with Gasteiger partial charge in [0, 0.05) is 25.8 Å². The number of carbonyl (C=O) groups is 1. The lowest BCUT2D eigenvalue weighted by atomic mass is 10.1. The topological polar surface area (TPSA) is 32.3 Å². The zero-order valence-electron chi connectivity index (χ0n) is 11.0. The van der Waals surface area contributed by atoms with E-state index in [1.54, 1.807) is 4.90 Å². The summed E-state index contributed by atoms with van der Waals surface area (Å²) < 4.78 is 0. The van der Waals surface area contributed by atoms with Gasteiger partial charge in [-0.1, -0.05) is 25.5 Å². The molecule has 0 atom stereocenters. The van der Waals surface area contributed by atoms with Crippen molar-refractivity contribution in [3.8, 4) is 0 Å². The van der Waals surface area contributed by atoms with Crippen molar-refractivity contribution in [2.24, 2.45) is 0 Å². The van der Waals surface area contributed by atoms with Gasteiger partial charge < -0.3 is 10.2 Å². The smallest absolute Gasteiger partial charge is 0.255 e. The molecule has 1 amide bonds. The molecule has 0 aromatic heterocycles. The van der Waals surface area contributed by atoms with Gasteiger partial charge in [-0.25, -0.2) is 0 Å². The number of para-hydroxylation sites is 1. The summed E-state index contributed by atoms with van der Waals surface area (Å²) in [5, 5.41) is 3.22. The van der Waals surface area contributed by atoms with Crippen molar-refractivity contribution in [2.45, 2.75) is 26.7 Å². The minimum absolute atomic E-state index is 0.0926. The second-order valence-electron chi connectivity index (χ2n) is 4.16. The number of carbonyl (C=O) groups excluding carboxylic acids is 1. The monoisotopic (exact) mass is 234 g/mol. The molecule has 0 aliphatic rings. The molecule has 1 N–H and O–H groups in total. The lowest BCUT2D eigenvalue weighted by Gasteiger charge is -2.19. The number of hydrogen-bond donors (Lipinski definition) is 1. The Hall–Kier alpha value is -1.51. The SMILES string of the molecule is CCCCN(C)C(=O)c1ccccc1NCC. The van der Waals surface area contributed by atoms with E-state index in [1.165, 1.54) is 0 Å². The summed E-state index contributed by atoms with van der Waals surface area (Å²) in [6.07, 6.45) is 2.15. The molecule has 0 bridgehead atoms. The average Bonchev–Trinajstić information content (AvgIpc) is 2.36. The highest BCUT2D eigenvalue weighted by Gasteiger charge is 2.14. The fourth-order valence-corrected chi connectivity index (χ4v) is 1.72. The van der Waals surface area contributed by atoms with Crippen LogP contribution < -0.4 is 5.32 Å². The van der Waals surface area contributed by atoms with Gasteiger partial charge in [0.15, 0.2) is 0 Å². The fraction of sp³-hybridized carbons (Fsp3) is 0.500. The lowest BCUT2D eigenvalue weighted by Crippen LogP contribution is -2.28. The van der Waals surface area contributed by atoms with Crippen molar-refractivity contribution in [3.05, 3.63) is 29.8 Å². The normalized spacial score (nSPS) is 10.1. The molecule has 0 spiro atoms. The van der Waals surface area contributed by atoms with E-state index >= 15 is 0 Å². The Morgan fingerprint density at radius 1 is 1.29 bits per heavy atom. The quantitative estimate of drug-likeness (QED) is 0.820. The van der Waals surface area contributed by atoms with Crippen molar-refractivity contribution >= 4 is 11.6 Å². The molecule has 0 radical (unpaired) electrons. The third kappa shape index (κ3) is 3.77. The van der Waals surface area contributed by atoms with Gasteiger partial charge in [0.05, 0.1) is 5.56 Å². The van der Waals surface area contributed by atoms with Gasteiger partial charge in [-0.05, 0) is 25.5 Å². The van der Waals surface area contributed by atoms with E-state index in [4.69, 9.17) is 0 Å². The third-order valence-corrected chi connectivity index (χ3v) is 2.72. The number of nitrogens with zero attached hydrogens (tertiary/aromatic N) is 1. The Labute approximate surface area is 104 Å². The minimum atomic E-state index is 0.0926. The Morgan fingerprint density at radius 3 is 2.65 bits per heavy atom. The van der Waals surface area contributed by atoms with Gasteiger partial charge in [0.25, 0.3) is 5.91 Å². The third-order valence-electron chi connectivity index (χ3n) is 2.72. The van der Waals surface area contributed by atoms with Gasteiger partial charge in [0.2, 0.25) is 0 Å². The summed E-state index contributed by atoms with van der Waals surface area (Å²) >= 11 is 0. The van der Waals surface area contributed by atoms with Crippen molar-refractivity contribution in [3.63, 3.8) is 0 Å². The van der Waals surface area contributed by atoms with Crippen LogP contribution in [0.4, 0.5) is 5.69 Å². The van der Waals surface area contributed by atoms with Gasteiger partial charge in [0.1, 0.15) is 0 Å². The van der Waals surface area contributed by atoms with Crippen molar-refractivity contribution in [2.75, 3.05) is 25.5 Å². The molecule has 0 saturated carbocycles. The molecule has 0 fully saturated rings. The molecule has 94 valence electrons. The van der Waals surface area contributed by atoms with Crippen molar-refractivity contribution in [1.82, 2.24) is 4.90 Å². The highest BCUT2D eigenvalue weighted by atomic mass is 16.2. The van der Waals surface area contributed by atoms with Crippen LogP contribution in [0.3, 0.4) is 0 Å². The summed E-state index contributed by atoms with van der Waals surface area (Å²) in [6, 6.07) is 7.68. The van der Waals surface area contributed by atoms with E-state index in [-0.39, 0.29) is 5.91 Å². The van der Waals surface area contributed by atoms with E-state index in [9.17, 15) is 4.79 Å². The molecule has 3 nitrogen and oxygen atoms in total. The van der Waals surface area contributed by atoms with Gasteiger partial charge in [-0.2, -0.15) is 0 Å². The number of anilines is 1. The van der Waals surface area contributed by atoms with E-state index < -0.39 is 0 Å². The maximum absolute atomic E-state index is 12.2. The van der Waals surface area contributed by atoms with Crippen LogP contribution in [0.5, 0.6) is 0 Å². The van der Waals surface area contributed by atoms with E-state index in [1.807, 2.05) is 38.2 Å². The van der Waals surface area contributed by atoms with Crippen LogP contribution >= 0.6 is 0 Å². The molecule has 3 heteroatoms. The Balaban J connectivity index is 2.80. The summed E-state index contributed by atoms with van der Waals surface area (Å²) in [5.74, 6) is 0.0926. The second kappa shape index (κ2) is 6.94. The Kier molecular flexibility index (Phi) is 5.53. The van der Waals surface area contributed by atoms with Crippen LogP contribution in [-0.2, 0) is 0 Å². The molecule has 1 rings (SSSR count). The number of nitrogens with one attached hydrogen (secondary N) is 1. The lowest BCUT2D eigenvalue weighted by molar-refractivity contribution is 0.0794. The molecule has 17 heavy (non-hydrogen) atoms. The van der Waals surface area contributed by atoms with Crippen LogP contribution in [0.15, 0.2) is 24.3 Å². The molecule has 0 aliphatic heterocycles. The van der Waals surface area contributed by atoms with E-state index in [2.05, 4.69) is 12.2 Å². The van der Waals surface area contributed by atoms with Gasteiger partial charge in [-0.15, -0.1) is 0 Å². The number of unbranched alkanes of at least 4 members (excludes halogenated alkanes) is 1. The highest BCUT2D eigenvalue weighted by Crippen LogP contribution is 2.16. The highest BCUT2D eigenvalue weighted by molar-refractivity contribution is 5.99. The first-order valence-corrected chi connectivity index (χ1v) is 6.29. The summed E-state index contributed by atoms with van der Waals surface area (Å²) in [7, 11) is 1.86. The zero-order valence-corrected chi connectivity index (χ0v) is 11.0. The maximum atomic E-state index is 12.2. The van der Waals surface area contributed by atoms with Crippen LogP contribution in [0.2, 0.25) is 0 Å². The van der Waals surface area contributed by atoms with Crippen LogP contribution in [0.1, 0.15) is 37.0 Å². The summed E-state index contributed by atoms with van der Waals surface area (Å²) in [6.45, 7) is 5.80. The number of hydrogen-bond acceptors (Lipinski definition) is 2. The first-order chi connectivity index (χ1) is 8.20. The van der Waals surface area contributed by atoms with Gasteiger partial charge >= 0.3 is 0 Å².